The molecule has 1 aromatic carbocycles. The van der Waals surface area contributed by atoms with Crippen LogP contribution in [-0.4, -0.2) is 52.1 Å². The topological polar surface area (TPSA) is 101 Å². The van der Waals surface area contributed by atoms with E-state index in [4.69, 9.17) is 4.74 Å². The van der Waals surface area contributed by atoms with E-state index in [2.05, 4.69) is 40.1 Å². The van der Waals surface area contributed by atoms with E-state index in [-0.39, 0.29) is 11.4 Å². The SMILES string of the molecule is Cc1ccc(C2CCCCC2)c(OCCCCC(=O)NS(=O)(=O)c2cccc(N3CCNCC3)n2)c1. The number of hydrogen-bond donors (Lipinski definition) is 2. The van der Waals surface area contributed by atoms with E-state index in [1.165, 1.54) is 49.3 Å². The number of carbonyl (C=O) groups is 1. The molecule has 36 heavy (non-hydrogen) atoms. The zero-order valence-corrected chi connectivity index (χ0v) is 22.0. The number of anilines is 1. The molecule has 1 aliphatic carbocycles. The third-order valence-corrected chi connectivity index (χ3v) is 8.22. The molecule has 1 aliphatic heterocycles. The lowest BCUT2D eigenvalue weighted by Crippen LogP contribution is -2.44. The number of rotatable bonds is 10. The molecule has 1 amide bonds. The van der Waals surface area contributed by atoms with Crippen molar-refractivity contribution >= 4 is 21.7 Å². The molecule has 196 valence electrons. The number of piperazine rings is 1. The normalized spacial score (nSPS) is 17.1. The van der Waals surface area contributed by atoms with E-state index in [0.717, 1.165) is 31.9 Å². The van der Waals surface area contributed by atoms with Crippen molar-refractivity contribution < 1.29 is 17.9 Å². The fraction of sp³-hybridized carbons (Fsp3) is 0.556. The molecule has 9 heteroatoms. The summed E-state index contributed by atoms with van der Waals surface area (Å²) >= 11 is 0. The molecule has 0 unspecified atom stereocenters. The smallest absolute Gasteiger partial charge is 0.281 e. The van der Waals surface area contributed by atoms with Gasteiger partial charge in [0.15, 0.2) is 5.03 Å². The van der Waals surface area contributed by atoms with E-state index < -0.39 is 15.9 Å². The number of aromatic nitrogens is 1. The molecule has 1 saturated heterocycles. The van der Waals surface area contributed by atoms with Gasteiger partial charge >= 0.3 is 0 Å². The molecule has 1 saturated carbocycles. The molecule has 0 spiro atoms. The van der Waals surface area contributed by atoms with E-state index in [1.54, 1.807) is 12.1 Å². The van der Waals surface area contributed by atoms with Crippen molar-refractivity contribution in [1.29, 1.82) is 0 Å². The van der Waals surface area contributed by atoms with Gasteiger partial charge in [0.05, 0.1) is 6.61 Å². The molecule has 2 heterocycles. The van der Waals surface area contributed by atoms with Gasteiger partial charge in [-0.05, 0) is 67.9 Å². The molecular weight excluding hydrogens is 476 g/mol. The van der Waals surface area contributed by atoms with Crippen LogP contribution in [0.4, 0.5) is 5.82 Å². The summed E-state index contributed by atoms with van der Waals surface area (Å²) in [6.45, 7) is 5.73. The number of ether oxygens (including phenoxy) is 1. The Hall–Kier alpha value is -2.65. The molecular formula is C27H38N4O4S. The maximum Gasteiger partial charge on any atom is 0.281 e. The predicted octanol–water partition coefficient (Wildman–Crippen LogP) is 3.90. The van der Waals surface area contributed by atoms with Crippen molar-refractivity contribution in [2.45, 2.75) is 69.2 Å². The van der Waals surface area contributed by atoms with Gasteiger partial charge in [-0.25, -0.2) is 9.71 Å². The number of pyridine rings is 1. The number of unbranched alkanes of at least 4 members (excludes halogenated alkanes) is 1. The van der Waals surface area contributed by atoms with Crippen LogP contribution in [0.25, 0.3) is 0 Å². The van der Waals surface area contributed by atoms with Crippen LogP contribution in [-0.2, 0) is 14.8 Å². The molecule has 2 N–H and O–H groups in total. The van der Waals surface area contributed by atoms with E-state index in [1.807, 2.05) is 4.90 Å². The molecule has 2 fully saturated rings. The Bertz CT molecular complexity index is 1130. The summed E-state index contributed by atoms with van der Waals surface area (Å²) < 4.78 is 33.7. The Labute approximate surface area is 214 Å². The Morgan fingerprint density at radius 3 is 2.67 bits per heavy atom. The number of aryl methyl sites for hydroxylation is 1. The number of sulfonamides is 1. The lowest BCUT2D eigenvalue weighted by Gasteiger charge is -2.28. The Balaban J connectivity index is 1.24. The average molecular weight is 515 g/mol. The van der Waals surface area contributed by atoms with E-state index in [0.29, 0.717) is 31.2 Å². The maximum absolute atomic E-state index is 12.7. The molecule has 8 nitrogen and oxygen atoms in total. The fourth-order valence-corrected chi connectivity index (χ4v) is 5.94. The highest BCUT2D eigenvalue weighted by molar-refractivity contribution is 7.90. The molecule has 1 aromatic heterocycles. The second-order valence-corrected chi connectivity index (χ2v) is 11.4. The van der Waals surface area contributed by atoms with Gasteiger partial charge in [0.25, 0.3) is 10.0 Å². The molecule has 0 bridgehead atoms. The molecule has 2 aliphatic rings. The minimum Gasteiger partial charge on any atom is -0.493 e. The minimum atomic E-state index is -4.01. The standard InChI is InChI=1S/C27H38N4O4S/c1-21-13-14-23(22-8-3-2-4-9-22)24(20-21)35-19-6-5-11-26(32)30-36(33,34)27-12-7-10-25(29-27)31-17-15-28-16-18-31/h7,10,12-14,20,22,28H,2-6,8-9,11,15-19H2,1H3,(H,30,32). The highest BCUT2D eigenvalue weighted by atomic mass is 32.2. The van der Waals surface area contributed by atoms with Gasteiger partial charge in [0, 0.05) is 32.6 Å². The fourth-order valence-electron chi connectivity index (χ4n) is 4.96. The van der Waals surface area contributed by atoms with Gasteiger partial charge in [-0.3, -0.25) is 4.79 Å². The zero-order valence-electron chi connectivity index (χ0n) is 21.2. The van der Waals surface area contributed by atoms with Crippen LogP contribution in [0.1, 0.15) is 68.4 Å². The van der Waals surface area contributed by atoms with Crippen molar-refractivity contribution in [2.24, 2.45) is 0 Å². The predicted molar refractivity (Wildman–Crippen MR) is 141 cm³/mol. The minimum absolute atomic E-state index is 0.114. The van der Waals surface area contributed by atoms with Gasteiger partial charge in [-0.15, -0.1) is 0 Å². The second-order valence-electron chi connectivity index (χ2n) is 9.78. The van der Waals surface area contributed by atoms with Crippen molar-refractivity contribution in [3.8, 4) is 5.75 Å². The van der Waals surface area contributed by atoms with E-state index >= 15 is 0 Å². The van der Waals surface area contributed by atoms with Gasteiger partial charge in [-0.1, -0.05) is 37.5 Å². The number of benzene rings is 1. The highest BCUT2D eigenvalue weighted by Gasteiger charge is 2.22. The lowest BCUT2D eigenvalue weighted by atomic mass is 9.83. The molecule has 4 rings (SSSR count). The van der Waals surface area contributed by atoms with Gasteiger partial charge in [0.1, 0.15) is 11.6 Å². The number of hydrogen-bond acceptors (Lipinski definition) is 7. The Morgan fingerprint density at radius 1 is 1.11 bits per heavy atom. The largest absolute Gasteiger partial charge is 0.493 e. The van der Waals surface area contributed by atoms with Crippen molar-refractivity contribution in [2.75, 3.05) is 37.7 Å². The van der Waals surface area contributed by atoms with Gasteiger partial charge < -0.3 is 15.0 Å². The summed E-state index contributed by atoms with van der Waals surface area (Å²) in [4.78, 5) is 18.7. The third kappa shape index (κ3) is 7.20. The van der Waals surface area contributed by atoms with Gasteiger partial charge in [-0.2, -0.15) is 8.42 Å². The van der Waals surface area contributed by atoms with Crippen LogP contribution in [0.2, 0.25) is 0 Å². The van der Waals surface area contributed by atoms with Crippen LogP contribution in [0.5, 0.6) is 5.75 Å². The van der Waals surface area contributed by atoms with Crippen LogP contribution < -0.4 is 19.7 Å². The van der Waals surface area contributed by atoms with Crippen LogP contribution in [0.15, 0.2) is 41.4 Å². The number of carbonyl (C=O) groups excluding carboxylic acids is 1. The molecule has 0 radical (unpaired) electrons. The summed E-state index contributed by atoms with van der Waals surface area (Å²) in [6, 6.07) is 11.3. The number of nitrogens with one attached hydrogen (secondary N) is 2. The Morgan fingerprint density at radius 2 is 1.89 bits per heavy atom. The van der Waals surface area contributed by atoms with Crippen molar-refractivity contribution in [3.05, 3.63) is 47.5 Å². The molecule has 2 aromatic rings. The Kier molecular flexibility index (Phi) is 9.20. The third-order valence-electron chi connectivity index (χ3n) is 6.94. The van der Waals surface area contributed by atoms with E-state index in [9.17, 15) is 13.2 Å². The summed E-state index contributed by atoms with van der Waals surface area (Å²) in [5.74, 6) is 1.59. The maximum atomic E-state index is 12.7. The number of amides is 1. The van der Waals surface area contributed by atoms with Crippen molar-refractivity contribution in [3.63, 3.8) is 0 Å². The molecule has 0 atom stereocenters. The second kappa shape index (κ2) is 12.5. The van der Waals surface area contributed by atoms with Crippen LogP contribution in [0.3, 0.4) is 0 Å². The van der Waals surface area contributed by atoms with Crippen LogP contribution >= 0.6 is 0 Å². The quantitative estimate of drug-likeness (QED) is 0.464. The monoisotopic (exact) mass is 514 g/mol. The van der Waals surface area contributed by atoms with Crippen molar-refractivity contribution in [1.82, 2.24) is 15.0 Å². The highest BCUT2D eigenvalue weighted by Crippen LogP contribution is 2.38. The average Bonchev–Trinajstić information content (AvgIpc) is 2.89. The summed E-state index contributed by atoms with van der Waals surface area (Å²) in [7, 11) is -4.01. The summed E-state index contributed by atoms with van der Waals surface area (Å²) in [6.07, 6.45) is 7.60. The first kappa shape index (κ1) is 26.4. The summed E-state index contributed by atoms with van der Waals surface area (Å²) in [5, 5.41) is 3.13. The first-order valence-electron chi connectivity index (χ1n) is 13.1. The summed E-state index contributed by atoms with van der Waals surface area (Å²) in [5.41, 5.74) is 2.46. The number of nitrogens with zero attached hydrogens (tertiary/aromatic N) is 2. The zero-order chi connectivity index (χ0) is 25.4. The van der Waals surface area contributed by atoms with Crippen LogP contribution in [0, 0.1) is 6.92 Å². The first-order chi connectivity index (χ1) is 17.4. The van der Waals surface area contributed by atoms with Gasteiger partial charge in [0.2, 0.25) is 5.91 Å². The lowest BCUT2D eigenvalue weighted by molar-refractivity contribution is -0.119. The first-order valence-corrected chi connectivity index (χ1v) is 14.6.